The third kappa shape index (κ3) is 4.79. The topological polar surface area (TPSA) is 52.3 Å². The van der Waals surface area contributed by atoms with Crippen LogP contribution in [-0.2, 0) is 9.53 Å². The summed E-state index contributed by atoms with van der Waals surface area (Å²) in [7, 11) is 0. The molecule has 66 valence electrons. The Hall–Kier alpha value is -0.570. The lowest BCUT2D eigenvalue weighted by atomic mass is 10.2. The van der Waals surface area contributed by atoms with E-state index in [1.54, 1.807) is 0 Å². The number of amides is 1. The number of nitrogens with two attached hydrogens (primary N) is 1. The summed E-state index contributed by atoms with van der Waals surface area (Å²) in [6.07, 6.45) is 2.35. The summed E-state index contributed by atoms with van der Waals surface area (Å²) in [6, 6.07) is 0. The average molecular weight is 159 g/mol. The fourth-order valence-corrected chi connectivity index (χ4v) is 0.771. The van der Waals surface area contributed by atoms with Crippen molar-refractivity contribution in [1.82, 2.24) is 0 Å². The lowest BCUT2D eigenvalue weighted by Crippen LogP contribution is -2.30. The zero-order valence-corrected chi connectivity index (χ0v) is 7.30. The van der Waals surface area contributed by atoms with Gasteiger partial charge >= 0.3 is 0 Å². The summed E-state index contributed by atoms with van der Waals surface area (Å²) >= 11 is 0. The number of unbranched alkanes of at least 4 members (excludes halogenated alkanes) is 1. The van der Waals surface area contributed by atoms with Crippen LogP contribution in [0.1, 0.15) is 33.1 Å². The Morgan fingerprint density at radius 1 is 1.55 bits per heavy atom. The van der Waals surface area contributed by atoms with Gasteiger partial charge in [0.1, 0.15) is 6.10 Å². The molecule has 0 bridgehead atoms. The molecule has 2 N–H and O–H groups in total. The van der Waals surface area contributed by atoms with E-state index in [9.17, 15) is 4.79 Å². The van der Waals surface area contributed by atoms with Crippen molar-refractivity contribution in [3.63, 3.8) is 0 Å². The Labute approximate surface area is 67.9 Å². The lowest BCUT2D eigenvalue weighted by Gasteiger charge is -2.11. The summed E-state index contributed by atoms with van der Waals surface area (Å²) in [5.41, 5.74) is 5.07. The van der Waals surface area contributed by atoms with Crippen molar-refractivity contribution in [3.05, 3.63) is 0 Å². The molecule has 0 spiro atoms. The van der Waals surface area contributed by atoms with Gasteiger partial charge in [-0.25, -0.2) is 0 Å². The number of ether oxygens (including phenoxy) is 1. The molecule has 0 fully saturated rings. The van der Waals surface area contributed by atoms with E-state index in [0.29, 0.717) is 13.0 Å². The monoisotopic (exact) mass is 159 g/mol. The summed E-state index contributed by atoms with van der Waals surface area (Å²) < 4.78 is 5.22. The molecule has 0 saturated heterocycles. The van der Waals surface area contributed by atoms with Crippen LogP contribution in [0.4, 0.5) is 0 Å². The molecule has 1 amide bonds. The second-order valence-electron chi connectivity index (χ2n) is 2.52. The summed E-state index contributed by atoms with van der Waals surface area (Å²) in [5.74, 6) is -0.358. The Kier molecular flexibility index (Phi) is 5.84. The minimum atomic E-state index is -0.387. The molecule has 0 aliphatic heterocycles. The van der Waals surface area contributed by atoms with Crippen molar-refractivity contribution in [2.45, 2.75) is 39.2 Å². The molecular formula is C8H17NO2. The van der Waals surface area contributed by atoms with E-state index >= 15 is 0 Å². The third-order valence-electron chi connectivity index (χ3n) is 1.51. The quantitative estimate of drug-likeness (QED) is 0.589. The largest absolute Gasteiger partial charge is 0.368 e. The molecule has 0 heterocycles. The second-order valence-corrected chi connectivity index (χ2v) is 2.52. The summed E-state index contributed by atoms with van der Waals surface area (Å²) in [6.45, 7) is 4.61. The van der Waals surface area contributed by atoms with Gasteiger partial charge in [0, 0.05) is 6.61 Å². The van der Waals surface area contributed by atoms with E-state index < -0.39 is 0 Å². The van der Waals surface area contributed by atoms with Gasteiger partial charge in [0.25, 0.3) is 0 Å². The predicted octanol–water partition coefficient (Wildman–Crippen LogP) is 1.07. The van der Waals surface area contributed by atoms with Gasteiger partial charge in [-0.2, -0.15) is 0 Å². The van der Waals surface area contributed by atoms with Gasteiger partial charge in [-0.1, -0.05) is 20.3 Å². The van der Waals surface area contributed by atoms with E-state index in [1.807, 2.05) is 6.92 Å². The third-order valence-corrected chi connectivity index (χ3v) is 1.51. The molecule has 0 aromatic rings. The molecule has 3 nitrogen and oxygen atoms in total. The zero-order valence-electron chi connectivity index (χ0n) is 7.30. The molecule has 0 aliphatic rings. The fraction of sp³-hybridized carbons (Fsp3) is 0.875. The maximum absolute atomic E-state index is 10.6. The van der Waals surface area contributed by atoms with Crippen molar-refractivity contribution in [2.75, 3.05) is 6.61 Å². The van der Waals surface area contributed by atoms with Gasteiger partial charge in [-0.3, -0.25) is 4.79 Å². The molecule has 0 aliphatic carbocycles. The Morgan fingerprint density at radius 2 is 2.18 bits per heavy atom. The molecule has 1 atom stereocenters. The number of carbonyl (C=O) groups is 1. The van der Waals surface area contributed by atoms with E-state index in [-0.39, 0.29) is 12.0 Å². The van der Waals surface area contributed by atoms with E-state index in [2.05, 4.69) is 6.92 Å². The predicted molar refractivity (Wildman–Crippen MR) is 44.1 cm³/mol. The first-order chi connectivity index (χ1) is 5.22. The van der Waals surface area contributed by atoms with Crippen LogP contribution in [-0.4, -0.2) is 18.6 Å². The van der Waals surface area contributed by atoms with E-state index in [0.717, 1.165) is 12.8 Å². The first-order valence-corrected chi connectivity index (χ1v) is 4.13. The van der Waals surface area contributed by atoms with Crippen LogP contribution in [0.15, 0.2) is 0 Å². The van der Waals surface area contributed by atoms with Crippen LogP contribution in [0, 0.1) is 0 Å². The van der Waals surface area contributed by atoms with Gasteiger partial charge in [-0.15, -0.1) is 0 Å². The van der Waals surface area contributed by atoms with Crippen LogP contribution in [0.3, 0.4) is 0 Å². The highest BCUT2D eigenvalue weighted by molar-refractivity contribution is 5.78. The molecule has 0 radical (unpaired) electrons. The Bertz CT molecular complexity index is 115. The second kappa shape index (κ2) is 6.16. The van der Waals surface area contributed by atoms with Gasteiger partial charge in [0.05, 0.1) is 0 Å². The van der Waals surface area contributed by atoms with Gasteiger partial charge in [0.2, 0.25) is 5.91 Å². The number of rotatable bonds is 6. The van der Waals surface area contributed by atoms with Crippen molar-refractivity contribution >= 4 is 5.91 Å². The number of hydrogen-bond donors (Lipinski definition) is 1. The normalized spacial score (nSPS) is 12.9. The van der Waals surface area contributed by atoms with Crippen molar-refractivity contribution in [3.8, 4) is 0 Å². The summed E-state index contributed by atoms with van der Waals surface area (Å²) in [5, 5.41) is 0. The SMILES string of the molecule is CCCCOC(CC)C(N)=O. The summed E-state index contributed by atoms with van der Waals surface area (Å²) in [4.78, 5) is 10.6. The molecule has 0 rings (SSSR count). The van der Waals surface area contributed by atoms with Crippen LogP contribution in [0.5, 0.6) is 0 Å². The zero-order chi connectivity index (χ0) is 8.69. The van der Waals surface area contributed by atoms with Gasteiger partial charge < -0.3 is 10.5 Å². The van der Waals surface area contributed by atoms with Crippen molar-refractivity contribution < 1.29 is 9.53 Å². The molecule has 0 saturated carbocycles. The highest BCUT2D eigenvalue weighted by atomic mass is 16.5. The molecule has 11 heavy (non-hydrogen) atoms. The van der Waals surface area contributed by atoms with Crippen LogP contribution in [0.25, 0.3) is 0 Å². The molecule has 0 aromatic heterocycles. The van der Waals surface area contributed by atoms with Crippen molar-refractivity contribution in [2.24, 2.45) is 5.73 Å². The van der Waals surface area contributed by atoms with Crippen molar-refractivity contribution in [1.29, 1.82) is 0 Å². The van der Waals surface area contributed by atoms with E-state index in [4.69, 9.17) is 10.5 Å². The first-order valence-electron chi connectivity index (χ1n) is 4.13. The molecule has 0 aromatic carbocycles. The standard InChI is InChI=1S/C8H17NO2/c1-3-5-6-11-7(4-2)8(9)10/h7H,3-6H2,1-2H3,(H2,9,10). The van der Waals surface area contributed by atoms with Gasteiger partial charge in [-0.05, 0) is 12.8 Å². The minimum absolute atomic E-state index is 0.358. The van der Waals surface area contributed by atoms with Crippen LogP contribution < -0.4 is 5.73 Å². The highest BCUT2D eigenvalue weighted by Gasteiger charge is 2.11. The van der Waals surface area contributed by atoms with Crippen LogP contribution in [0.2, 0.25) is 0 Å². The lowest BCUT2D eigenvalue weighted by molar-refractivity contribution is -0.129. The molecule has 1 unspecified atom stereocenters. The maximum Gasteiger partial charge on any atom is 0.246 e. The van der Waals surface area contributed by atoms with Gasteiger partial charge in [0.15, 0.2) is 0 Å². The maximum atomic E-state index is 10.6. The fourth-order valence-electron chi connectivity index (χ4n) is 0.771. The molecule has 3 heteroatoms. The molecular weight excluding hydrogens is 142 g/mol. The van der Waals surface area contributed by atoms with Crippen LogP contribution >= 0.6 is 0 Å². The van der Waals surface area contributed by atoms with E-state index in [1.165, 1.54) is 0 Å². The Morgan fingerprint density at radius 3 is 2.55 bits per heavy atom. The first kappa shape index (κ1) is 10.4. The number of hydrogen-bond acceptors (Lipinski definition) is 2. The highest BCUT2D eigenvalue weighted by Crippen LogP contribution is 1.98. The Balaban J connectivity index is 3.44. The number of carbonyl (C=O) groups excluding carboxylic acids is 1. The number of primary amides is 1. The smallest absolute Gasteiger partial charge is 0.246 e. The minimum Gasteiger partial charge on any atom is -0.368 e. The average Bonchev–Trinajstić information content (AvgIpc) is 1.97.